The van der Waals surface area contributed by atoms with Crippen LogP contribution < -0.4 is 5.56 Å². The first kappa shape index (κ1) is 22.2. The van der Waals surface area contributed by atoms with Gasteiger partial charge in [-0.05, 0) is 25.8 Å². The molecular weight excluding hydrogens is 450 g/mol. The van der Waals surface area contributed by atoms with Crippen LogP contribution >= 0.6 is 23.1 Å². The normalized spacial score (nSPS) is 11.3. The number of nitrogens with zero attached hydrogens (tertiary/aromatic N) is 5. The maximum atomic E-state index is 13.2. The highest BCUT2D eigenvalue weighted by molar-refractivity contribution is 7.98. The number of aryl methyl sites for hydroxylation is 2. The van der Waals surface area contributed by atoms with Crippen LogP contribution in [0.1, 0.15) is 36.1 Å². The Balaban J connectivity index is 1.61. The van der Waals surface area contributed by atoms with E-state index in [4.69, 9.17) is 9.51 Å². The fourth-order valence-electron chi connectivity index (χ4n) is 3.25. The molecule has 0 bridgehead atoms. The second-order valence-electron chi connectivity index (χ2n) is 7.28. The van der Waals surface area contributed by atoms with Crippen molar-refractivity contribution in [3.8, 4) is 11.4 Å². The van der Waals surface area contributed by atoms with Crippen molar-refractivity contribution >= 4 is 39.0 Å². The number of nitro benzene ring substituents is 1. The van der Waals surface area contributed by atoms with Gasteiger partial charge in [-0.2, -0.15) is 4.98 Å². The summed E-state index contributed by atoms with van der Waals surface area (Å²) in [4.78, 5) is 34.7. The first-order valence-electron chi connectivity index (χ1n) is 10.1. The summed E-state index contributed by atoms with van der Waals surface area (Å²) in [5.41, 5.74) is 1.43. The van der Waals surface area contributed by atoms with Crippen LogP contribution in [-0.2, 0) is 12.3 Å². The van der Waals surface area contributed by atoms with Crippen molar-refractivity contribution in [2.45, 2.75) is 51.1 Å². The molecule has 0 aliphatic carbocycles. The summed E-state index contributed by atoms with van der Waals surface area (Å²) in [6.07, 6.45) is 1.84. The van der Waals surface area contributed by atoms with E-state index in [2.05, 4.69) is 17.1 Å². The van der Waals surface area contributed by atoms with E-state index in [1.165, 1.54) is 35.2 Å². The Bertz CT molecular complexity index is 1360. The summed E-state index contributed by atoms with van der Waals surface area (Å²) in [7, 11) is 0. The minimum Gasteiger partial charge on any atom is -0.338 e. The number of non-ortho nitro benzene ring substituents is 1. The zero-order valence-corrected chi connectivity index (χ0v) is 19.5. The quantitative estimate of drug-likeness (QED) is 0.150. The Morgan fingerprint density at radius 1 is 1.28 bits per heavy atom. The molecule has 11 heteroatoms. The van der Waals surface area contributed by atoms with Crippen LogP contribution in [0.4, 0.5) is 5.69 Å². The molecular formula is C21H21N5O4S2. The number of aromatic nitrogens is 4. The molecule has 0 saturated carbocycles. The zero-order chi connectivity index (χ0) is 22.8. The lowest BCUT2D eigenvalue weighted by Gasteiger charge is -2.11. The highest BCUT2D eigenvalue weighted by atomic mass is 32.2. The van der Waals surface area contributed by atoms with Gasteiger partial charge in [-0.3, -0.25) is 19.5 Å². The number of benzene rings is 1. The highest BCUT2D eigenvalue weighted by Gasteiger charge is 2.18. The Kier molecular flexibility index (Phi) is 6.38. The van der Waals surface area contributed by atoms with Gasteiger partial charge >= 0.3 is 0 Å². The third kappa shape index (κ3) is 4.30. The van der Waals surface area contributed by atoms with Gasteiger partial charge in [0.2, 0.25) is 11.7 Å². The number of fused-ring (bicyclic) bond motifs is 1. The van der Waals surface area contributed by atoms with Gasteiger partial charge in [-0.15, -0.1) is 11.3 Å². The molecule has 0 fully saturated rings. The minimum absolute atomic E-state index is 0.0180. The van der Waals surface area contributed by atoms with Crippen LogP contribution in [0, 0.1) is 24.0 Å². The number of unbranched alkanes of at least 4 members (excludes halogenated alkanes) is 1. The van der Waals surface area contributed by atoms with Crippen molar-refractivity contribution in [1.82, 2.24) is 19.7 Å². The molecule has 3 aromatic heterocycles. The smallest absolute Gasteiger partial charge is 0.270 e. The average Bonchev–Trinajstić information content (AvgIpc) is 3.36. The topological polar surface area (TPSA) is 117 Å². The van der Waals surface area contributed by atoms with Gasteiger partial charge in [0, 0.05) is 29.1 Å². The van der Waals surface area contributed by atoms with Gasteiger partial charge in [-0.1, -0.05) is 42.4 Å². The molecule has 0 aliphatic rings. The Morgan fingerprint density at radius 2 is 2.09 bits per heavy atom. The van der Waals surface area contributed by atoms with E-state index in [1.807, 2.05) is 13.8 Å². The minimum atomic E-state index is -0.467. The first-order valence-corrected chi connectivity index (χ1v) is 11.9. The Hall–Kier alpha value is -3.05. The second kappa shape index (κ2) is 9.21. The molecule has 4 aromatic rings. The van der Waals surface area contributed by atoms with E-state index >= 15 is 0 Å². The standard InChI is InChI=1S/C21H21N5O4S2/c1-4-5-9-25-20(27)17-12(2)13(3)32-19(17)23-21(25)31-11-16-22-18(24-30-16)14-7-6-8-15(10-14)26(28)29/h6-8,10H,4-5,9,11H2,1-3H3. The molecule has 4 rings (SSSR count). The first-order chi connectivity index (χ1) is 15.4. The third-order valence-corrected chi connectivity index (χ3v) is 7.16. The van der Waals surface area contributed by atoms with Crippen molar-refractivity contribution in [3.05, 3.63) is 61.1 Å². The van der Waals surface area contributed by atoms with E-state index in [0.29, 0.717) is 34.3 Å². The predicted octanol–water partition coefficient (Wildman–Crippen LogP) is 5.13. The summed E-state index contributed by atoms with van der Waals surface area (Å²) >= 11 is 2.89. The fraction of sp³-hybridized carbons (Fsp3) is 0.333. The van der Waals surface area contributed by atoms with Crippen molar-refractivity contribution in [2.24, 2.45) is 0 Å². The molecule has 9 nitrogen and oxygen atoms in total. The largest absolute Gasteiger partial charge is 0.338 e. The summed E-state index contributed by atoms with van der Waals surface area (Å²) in [5.74, 6) is 0.960. The molecule has 0 unspecified atom stereocenters. The summed E-state index contributed by atoms with van der Waals surface area (Å²) in [6.45, 7) is 6.63. The monoisotopic (exact) mass is 471 g/mol. The van der Waals surface area contributed by atoms with Crippen molar-refractivity contribution in [1.29, 1.82) is 0 Å². The molecule has 1 aromatic carbocycles. The molecule has 166 valence electrons. The van der Waals surface area contributed by atoms with Gasteiger partial charge < -0.3 is 4.52 Å². The Morgan fingerprint density at radius 3 is 2.84 bits per heavy atom. The predicted molar refractivity (Wildman–Crippen MR) is 124 cm³/mol. The van der Waals surface area contributed by atoms with Gasteiger partial charge in [0.25, 0.3) is 11.2 Å². The van der Waals surface area contributed by atoms with E-state index < -0.39 is 4.92 Å². The second-order valence-corrected chi connectivity index (χ2v) is 9.42. The van der Waals surface area contributed by atoms with Crippen LogP contribution in [0.5, 0.6) is 0 Å². The average molecular weight is 472 g/mol. The fourth-order valence-corrected chi connectivity index (χ4v) is 5.18. The lowest BCUT2D eigenvalue weighted by molar-refractivity contribution is -0.384. The van der Waals surface area contributed by atoms with E-state index in [1.54, 1.807) is 16.7 Å². The van der Waals surface area contributed by atoms with Crippen molar-refractivity contribution in [3.63, 3.8) is 0 Å². The van der Waals surface area contributed by atoms with Gasteiger partial charge in [0.15, 0.2) is 5.16 Å². The number of thiophene rings is 1. The van der Waals surface area contributed by atoms with Crippen LogP contribution in [0.25, 0.3) is 21.6 Å². The van der Waals surface area contributed by atoms with Gasteiger partial charge in [0.1, 0.15) is 4.83 Å². The van der Waals surface area contributed by atoms with Crippen LogP contribution in [0.3, 0.4) is 0 Å². The lowest BCUT2D eigenvalue weighted by atomic mass is 10.2. The third-order valence-electron chi connectivity index (χ3n) is 5.10. The molecule has 0 radical (unpaired) electrons. The molecule has 32 heavy (non-hydrogen) atoms. The summed E-state index contributed by atoms with van der Waals surface area (Å²) < 4.78 is 7.07. The van der Waals surface area contributed by atoms with E-state index in [0.717, 1.165) is 28.1 Å². The SMILES string of the molecule is CCCCn1c(SCc2nc(-c3cccc([N+](=O)[O-])c3)no2)nc2sc(C)c(C)c2c1=O. The van der Waals surface area contributed by atoms with E-state index in [-0.39, 0.29) is 17.1 Å². The summed E-state index contributed by atoms with van der Waals surface area (Å²) in [5, 5.41) is 16.3. The maximum Gasteiger partial charge on any atom is 0.270 e. The molecule has 0 saturated heterocycles. The molecule has 0 spiro atoms. The lowest BCUT2D eigenvalue weighted by Crippen LogP contribution is -2.23. The number of hydrogen-bond acceptors (Lipinski definition) is 9. The molecule has 0 atom stereocenters. The molecule has 0 aliphatic heterocycles. The van der Waals surface area contributed by atoms with Gasteiger partial charge in [0.05, 0.1) is 16.1 Å². The maximum absolute atomic E-state index is 13.2. The number of nitro groups is 1. The van der Waals surface area contributed by atoms with Crippen LogP contribution in [-0.4, -0.2) is 24.6 Å². The Labute approximate surface area is 191 Å². The van der Waals surface area contributed by atoms with Crippen molar-refractivity contribution in [2.75, 3.05) is 0 Å². The van der Waals surface area contributed by atoms with E-state index in [9.17, 15) is 14.9 Å². The van der Waals surface area contributed by atoms with Crippen molar-refractivity contribution < 1.29 is 9.45 Å². The number of rotatable bonds is 8. The summed E-state index contributed by atoms with van der Waals surface area (Å²) in [6, 6.07) is 6.08. The number of hydrogen-bond donors (Lipinski definition) is 0. The molecule has 0 N–H and O–H groups in total. The number of thioether (sulfide) groups is 1. The van der Waals surface area contributed by atoms with Crippen LogP contribution in [0.15, 0.2) is 38.7 Å². The molecule has 0 amide bonds. The highest BCUT2D eigenvalue weighted by Crippen LogP contribution is 2.30. The van der Waals surface area contributed by atoms with Crippen LogP contribution in [0.2, 0.25) is 0 Å². The zero-order valence-electron chi connectivity index (χ0n) is 17.8. The van der Waals surface area contributed by atoms with Gasteiger partial charge in [-0.25, -0.2) is 4.98 Å². The molecule has 3 heterocycles.